The number of anilines is 2. The van der Waals surface area contributed by atoms with E-state index in [1.807, 2.05) is 39.0 Å². The van der Waals surface area contributed by atoms with E-state index in [1.54, 1.807) is 6.20 Å². The standard InChI is InChI=1S/C19H23ClN4O2/c1-19(2,3)26-18(25)22-13-7-8-14-12(9-13)5-4-6-15(14)23-17-11-21-10-16(20)24-17/h7-11,15H,4-6H2,1-3H3,(H,22,25)(H,23,24). The summed E-state index contributed by atoms with van der Waals surface area (Å²) < 4.78 is 5.31. The Balaban J connectivity index is 1.73. The molecule has 138 valence electrons. The highest BCUT2D eigenvalue weighted by atomic mass is 35.5. The molecule has 1 heterocycles. The van der Waals surface area contributed by atoms with Crippen molar-refractivity contribution in [3.05, 3.63) is 46.9 Å². The van der Waals surface area contributed by atoms with Crippen LogP contribution < -0.4 is 10.6 Å². The number of fused-ring (bicyclic) bond motifs is 1. The number of halogens is 1. The molecule has 1 atom stereocenters. The molecule has 26 heavy (non-hydrogen) atoms. The van der Waals surface area contributed by atoms with Crippen LogP contribution in [0.3, 0.4) is 0 Å². The van der Waals surface area contributed by atoms with Gasteiger partial charge in [0.2, 0.25) is 0 Å². The molecular formula is C19H23ClN4O2. The van der Waals surface area contributed by atoms with Gasteiger partial charge in [-0.15, -0.1) is 0 Å². The summed E-state index contributed by atoms with van der Waals surface area (Å²) in [6.45, 7) is 5.53. The van der Waals surface area contributed by atoms with Crippen molar-refractivity contribution < 1.29 is 9.53 Å². The van der Waals surface area contributed by atoms with E-state index in [1.165, 1.54) is 17.3 Å². The largest absolute Gasteiger partial charge is 0.444 e. The maximum Gasteiger partial charge on any atom is 0.412 e. The number of carbonyl (C=O) groups excluding carboxylic acids is 1. The number of hydrogen-bond donors (Lipinski definition) is 2. The number of amides is 1. The molecule has 0 aliphatic heterocycles. The Kier molecular flexibility index (Phi) is 5.32. The lowest BCUT2D eigenvalue weighted by Crippen LogP contribution is -2.27. The first-order chi connectivity index (χ1) is 12.3. The zero-order valence-electron chi connectivity index (χ0n) is 15.2. The van der Waals surface area contributed by atoms with Crippen molar-refractivity contribution in [1.82, 2.24) is 9.97 Å². The number of aromatic nitrogens is 2. The molecule has 3 rings (SSSR count). The minimum atomic E-state index is -0.523. The molecule has 1 aromatic heterocycles. The fraction of sp³-hybridized carbons (Fsp3) is 0.421. The SMILES string of the molecule is CC(C)(C)OC(=O)Nc1ccc2c(c1)CCCC2Nc1cncc(Cl)n1. The zero-order valence-corrected chi connectivity index (χ0v) is 15.9. The van der Waals surface area contributed by atoms with Crippen LogP contribution >= 0.6 is 11.6 Å². The molecule has 0 fully saturated rings. The van der Waals surface area contributed by atoms with Gasteiger partial charge in [-0.2, -0.15) is 0 Å². The van der Waals surface area contributed by atoms with Gasteiger partial charge in [-0.1, -0.05) is 17.7 Å². The van der Waals surface area contributed by atoms with Crippen molar-refractivity contribution in [3.63, 3.8) is 0 Å². The van der Waals surface area contributed by atoms with Gasteiger partial charge in [-0.3, -0.25) is 10.3 Å². The highest BCUT2D eigenvalue weighted by Gasteiger charge is 2.22. The number of rotatable bonds is 3. The molecule has 0 radical (unpaired) electrons. The van der Waals surface area contributed by atoms with Gasteiger partial charge in [0.25, 0.3) is 0 Å². The second-order valence-electron chi connectivity index (χ2n) is 7.36. The molecule has 6 nitrogen and oxygen atoms in total. The van der Waals surface area contributed by atoms with Crippen LogP contribution in [0.4, 0.5) is 16.3 Å². The van der Waals surface area contributed by atoms with Gasteiger partial charge in [0.1, 0.15) is 16.6 Å². The molecule has 1 aliphatic rings. The van der Waals surface area contributed by atoms with E-state index in [2.05, 4.69) is 20.6 Å². The van der Waals surface area contributed by atoms with Crippen molar-refractivity contribution in [1.29, 1.82) is 0 Å². The van der Waals surface area contributed by atoms with E-state index >= 15 is 0 Å². The van der Waals surface area contributed by atoms with Gasteiger partial charge in [0.05, 0.1) is 18.4 Å². The summed E-state index contributed by atoms with van der Waals surface area (Å²) in [4.78, 5) is 20.3. The number of nitrogens with zero attached hydrogens (tertiary/aromatic N) is 2. The molecule has 1 unspecified atom stereocenters. The first-order valence-corrected chi connectivity index (χ1v) is 9.05. The molecule has 0 bridgehead atoms. The first-order valence-electron chi connectivity index (χ1n) is 8.67. The van der Waals surface area contributed by atoms with Crippen molar-refractivity contribution in [2.24, 2.45) is 0 Å². The smallest absolute Gasteiger partial charge is 0.412 e. The van der Waals surface area contributed by atoms with Crippen LogP contribution in [-0.4, -0.2) is 21.7 Å². The predicted molar refractivity (Wildman–Crippen MR) is 103 cm³/mol. The fourth-order valence-electron chi connectivity index (χ4n) is 3.05. The van der Waals surface area contributed by atoms with E-state index in [4.69, 9.17) is 16.3 Å². The number of carbonyl (C=O) groups is 1. The van der Waals surface area contributed by atoms with E-state index < -0.39 is 11.7 Å². The Bertz CT molecular complexity index is 804. The van der Waals surface area contributed by atoms with Crippen LogP contribution in [0.1, 0.15) is 50.8 Å². The van der Waals surface area contributed by atoms with Crippen LogP contribution in [0.25, 0.3) is 0 Å². The van der Waals surface area contributed by atoms with E-state index in [0.29, 0.717) is 11.0 Å². The van der Waals surface area contributed by atoms with E-state index in [9.17, 15) is 4.79 Å². The van der Waals surface area contributed by atoms with Crippen LogP contribution in [-0.2, 0) is 11.2 Å². The second kappa shape index (κ2) is 7.50. The number of benzene rings is 1. The molecule has 0 spiro atoms. The van der Waals surface area contributed by atoms with Crippen molar-refractivity contribution >= 4 is 29.2 Å². The quantitative estimate of drug-likeness (QED) is 0.793. The third-order valence-corrected chi connectivity index (χ3v) is 4.21. The summed E-state index contributed by atoms with van der Waals surface area (Å²) in [6, 6.07) is 6.09. The number of nitrogens with one attached hydrogen (secondary N) is 2. The molecule has 1 aliphatic carbocycles. The third kappa shape index (κ3) is 4.85. The van der Waals surface area contributed by atoms with Gasteiger partial charge in [0, 0.05) is 5.69 Å². The second-order valence-corrected chi connectivity index (χ2v) is 7.74. The van der Waals surface area contributed by atoms with Crippen molar-refractivity contribution in [3.8, 4) is 0 Å². The van der Waals surface area contributed by atoms with Crippen molar-refractivity contribution in [2.45, 2.75) is 51.7 Å². The Morgan fingerprint density at radius 2 is 2.12 bits per heavy atom. The minimum Gasteiger partial charge on any atom is -0.444 e. The summed E-state index contributed by atoms with van der Waals surface area (Å²) in [5, 5.41) is 6.56. The molecule has 0 saturated carbocycles. The highest BCUT2D eigenvalue weighted by molar-refractivity contribution is 6.29. The Morgan fingerprint density at radius 3 is 2.85 bits per heavy atom. The lowest BCUT2D eigenvalue weighted by atomic mass is 9.87. The van der Waals surface area contributed by atoms with E-state index in [0.717, 1.165) is 24.9 Å². The minimum absolute atomic E-state index is 0.141. The number of aryl methyl sites for hydroxylation is 1. The van der Waals surface area contributed by atoms with Gasteiger partial charge < -0.3 is 10.1 Å². The predicted octanol–water partition coefficient (Wildman–Crippen LogP) is 4.97. The lowest BCUT2D eigenvalue weighted by molar-refractivity contribution is 0.0636. The molecule has 1 aromatic carbocycles. The maximum absolute atomic E-state index is 12.0. The molecule has 7 heteroatoms. The van der Waals surface area contributed by atoms with Crippen LogP contribution in [0, 0.1) is 0 Å². The summed E-state index contributed by atoms with van der Waals surface area (Å²) in [5.41, 5.74) is 2.62. The lowest BCUT2D eigenvalue weighted by Gasteiger charge is -2.27. The Hall–Kier alpha value is -2.34. The zero-order chi connectivity index (χ0) is 18.7. The number of ether oxygens (including phenoxy) is 1. The monoisotopic (exact) mass is 374 g/mol. The molecule has 0 saturated heterocycles. The van der Waals surface area contributed by atoms with Gasteiger partial charge in [0.15, 0.2) is 0 Å². The topological polar surface area (TPSA) is 76.1 Å². The van der Waals surface area contributed by atoms with Crippen LogP contribution in [0.15, 0.2) is 30.6 Å². The summed E-state index contributed by atoms with van der Waals surface area (Å²) in [6.07, 6.45) is 5.75. The highest BCUT2D eigenvalue weighted by Crippen LogP contribution is 2.33. The van der Waals surface area contributed by atoms with Crippen molar-refractivity contribution in [2.75, 3.05) is 10.6 Å². The third-order valence-electron chi connectivity index (χ3n) is 4.03. The summed E-state index contributed by atoms with van der Waals surface area (Å²) in [5.74, 6) is 0.659. The number of hydrogen-bond acceptors (Lipinski definition) is 5. The fourth-order valence-corrected chi connectivity index (χ4v) is 3.20. The average molecular weight is 375 g/mol. The Morgan fingerprint density at radius 1 is 1.31 bits per heavy atom. The molecule has 2 N–H and O–H groups in total. The first kappa shape index (κ1) is 18.5. The normalized spacial score (nSPS) is 16.5. The summed E-state index contributed by atoms with van der Waals surface area (Å²) >= 11 is 5.91. The Labute approximate surface area is 158 Å². The molecule has 1 amide bonds. The summed E-state index contributed by atoms with van der Waals surface area (Å²) in [7, 11) is 0. The average Bonchev–Trinajstić information content (AvgIpc) is 2.53. The van der Waals surface area contributed by atoms with Crippen LogP contribution in [0.5, 0.6) is 0 Å². The van der Waals surface area contributed by atoms with Gasteiger partial charge >= 0.3 is 6.09 Å². The molecule has 2 aromatic rings. The van der Waals surface area contributed by atoms with Crippen LogP contribution in [0.2, 0.25) is 5.15 Å². The van der Waals surface area contributed by atoms with Gasteiger partial charge in [-0.05, 0) is 63.3 Å². The molecular weight excluding hydrogens is 352 g/mol. The maximum atomic E-state index is 12.0. The van der Waals surface area contributed by atoms with E-state index in [-0.39, 0.29) is 6.04 Å². The van der Waals surface area contributed by atoms with Gasteiger partial charge in [-0.25, -0.2) is 9.78 Å².